The van der Waals surface area contributed by atoms with Gasteiger partial charge in [-0.05, 0) is 35.9 Å². The lowest BCUT2D eigenvalue weighted by Gasteiger charge is -2.10. The van der Waals surface area contributed by atoms with E-state index in [1.54, 1.807) is 30.3 Å². The van der Waals surface area contributed by atoms with E-state index in [9.17, 15) is 9.59 Å². The second kappa shape index (κ2) is 9.36. The van der Waals surface area contributed by atoms with Crippen LogP contribution in [0.2, 0.25) is 5.02 Å². The number of H-pyrrole nitrogens is 1. The summed E-state index contributed by atoms with van der Waals surface area (Å²) in [5.74, 6) is 1.22. The molecule has 0 aliphatic carbocycles. The SMILES string of the molecule is O=c1[nH]c(=O)n(COCCO)cc1Cc1cccc(Oc2cccc(Cl)c2)c1. The van der Waals surface area contributed by atoms with E-state index in [2.05, 4.69) is 4.98 Å². The third-order valence-electron chi connectivity index (χ3n) is 3.88. The highest BCUT2D eigenvalue weighted by Crippen LogP contribution is 2.25. The van der Waals surface area contributed by atoms with Gasteiger partial charge in [0.05, 0.1) is 13.2 Å². The summed E-state index contributed by atoms with van der Waals surface area (Å²) >= 11 is 5.97. The summed E-state index contributed by atoms with van der Waals surface area (Å²) in [4.78, 5) is 26.3. The minimum absolute atomic E-state index is 0.0545. The molecule has 3 aromatic rings. The van der Waals surface area contributed by atoms with Crippen molar-refractivity contribution in [2.45, 2.75) is 13.2 Å². The monoisotopic (exact) mass is 402 g/mol. The first-order valence-electron chi connectivity index (χ1n) is 8.59. The van der Waals surface area contributed by atoms with Crippen LogP contribution in [0.3, 0.4) is 0 Å². The number of benzene rings is 2. The average molecular weight is 403 g/mol. The van der Waals surface area contributed by atoms with Crippen LogP contribution >= 0.6 is 11.6 Å². The minimum Gasteiger partial charge on any atom is -0.457 e. The highest BCUT2D eigenvalue weighted by atomic mass is 35.5. The molecule has 0 atom stereocenters. The van der Waals surface area contributed by atoms with Gasteiger partial charge in [0, 0.05) is 23.2 Å². The van der Waals surface area contributed by atoms with E-state index in [-0.39, 0.29) is 19.9 Å². The zero-order valence-corrected chi connectivity index (χ0v) is 15.7. The Bertz CT molecular complexity index is 1060. The van der Waals surface area contributed by atoms with Crippen molar-refractivity contribution in [1.29, 1.82) is 0 Å². The molecule has 0 spiro atoms. The number of aromatic amines is 1. The standard InChI is InChI=1S/C20H19ClN2O5/c21-16-4-2-6-18(11-16)28-17-5-1-3-14(10-17)9-15-12-23(13-27-8-7-24)20(26)22-19(15)25/h1-6,10-12,24H,7-9,13H2,(H,22,25,26). The number of hydrogen-bond acceptors (Lipinski definition) is 5. The highest BCUT2D eigenvalue weighted by Gasteiger charge is 2.08. The summed E-state index contributed by atoms with van der Waals surface area (Å²) < 4.78 is 12.2. The van der Waals surface area contributed by atoms with Gasteiger partial charge in [0.15, 0.2) is 0 Å². The van der Waals surface area contributed by atoms with Crippen molar-refractivity contribution >= 4 is 11.6 Å². The van der Waals surface area contributed by atoms with E-state index in [0.717, 1.165) is 5.56 Å². The Kier molecular flexibility index (Phi) is 6.65. The third-order valence-corrected chi connectivity index (χ3v) is 4.11. The zero-order valence-electron chi connectivity index (χ0n) is 14.9. The van der Waals surface area contributed by atoms with E-state index < -0.39 is 11.2 Å². The lowest BCUT2D eigenvalue weighted by molar-refractivity contribution is 0.0455. The van der Waals surface area contributed by atoms with E-state index in [1.807, 2.05) is 18.2 Å². The van der Waals surface area contributed by atoms with Gasteiger partial charge in [-0.25, -0.2) is 4.79 Å². The van der Waals surface area contributed by atoms with E-state index in [4.69, 9.17) is 26.2 Å². The number of aromatic nitrogens is 2. The second-order valence-corrected chi connectivity index (χ2v) is 6.46. The van der Waals surface area contributed by atoms with Crippen molar-refractivity contribution < 1.29 is 14.6 Å². The molecular weight excluding hydrogens is 384 g/mol. The second-order valence-electron chi connectivity index (χ2n) is 6.03. The molecule has 2 aromatic carbocycles. The molecule has 8 heteroatoms. The van der Waals surface area contributed by atoms with Gasteiger partial charge in [0.25, 0.3) is 5.56 Å². The number of nitrogens with one attached hydrogen (secondary N) is 1. The summed E-state index contributed by atoms with van der Waals surface area (Å²) in [5, 5.41) is 9.34. The van der Waals surface area contributed by atoms with Crippen LogP contribution in [0.25, 0.3) is 0 Å². The van der Waals surface area contributed by atoms with Crippen LogP contribution in [0.4, 0.5) is 0 Å². The number of nitrogens with zero attached hydrogens (tertiary/aromatic N) is 1. The molecule has 146 valence electrons. The van der Waals surface area contributed by atoms with Crippen LogP contribution in [0.15, 0.2) is 64.3 Å². The summed E-state index contributed by atoms with van der Waals surface area (Å²) in [6, 6.07) is 14.4. The fourth-order valence-corrected chi connectivity index (χ4v) is 2.79. The first-order valence-corrected chi connectivity index (χ1v) is 8.96. The topological polar surface area (TPSA) is 93.6 Å². The fraction of sp³-hybridized carbons (Fsp3) is 0.200. The minimum atomic E-state index is -0.565. The van der Waals surface area contributed by atoms with Crippen molar-refractivity contribution in [2.75, 3.05) is 13.2 Å². The van der Waals surface area contributed by atoms with E-state index in [1.165, 1.54) is 10.8 Å². The first kappa shape index (κ1) is 19.9. The largest absolute Gasteiger partial charge is 0.457 e. The zero-order chi connectivity index (χ0) is 19.9. The fourth-order valence-electron chi connectivity index (χ4n) is 2.61. The van der Waals surface area contributed by atoms with Crippen LogP contribution in [0, 0.1) is 0 Å². The number of halogens is 1. The maximum absolute atomic E-state index is 12.1. The number of rotatable bonds is 8. The molecule has 0 saturated heterocycles. The lowest BCUT2D eigenvalue weighted by atomic mass is 10.1. The van der Waals surface area contributed by atoms with Crippen molar-refractivity contribution in [3.63, 3.8) is 0 Å². The Labute approximate surface area is 165 Å². The normalized spacial score (nSPS) is 10.8. The van der Waals surface area contributed by atoms with Gasteiger partial charge in [-0.15, -0.1) is 0 Å². The highest BCUT2D eigenvalue weighted by molar-refractivity contribution is 6.30. The van der Waals surface area contributed by atoms with Gasteiger partial charge in [-0.1, -0.05) is 29.8 Å². The molecule has 0 bridgehead atoms. The molecule has 0 amide bonds. The van der Waals surface area contributed by atoms with Gasteiger partial charge < -0.3 is 14.6 Å². The number of ether oxygens (including phenoxy) is 2. The summed E-state index contributed by atoms with van der Waals surface area (Å²) in [7, 11) is 0. The molecule has 0 fully saturated rings. The van der Waals surface area contributed by atoms with Gasteiger partial charge in [-0.2, -0.15) is 0 Å². The van der Waals surface area contributed by atoms with Crippen molar-refractivity contribution in [3.8, 4) is 11.5 Å². The quantitative estimate of drug-likeness (QED) is 0.565. The predicted molar refractivity (Wildman–Crippen MR) is 105 cm³/mol. The molecule has 0 aliphatic heterocycles. The van der Waals surface area contributed by atoms with Gasteiger partial charge in [-0.3, -0.25) is 14.3 Å². The Hall–Kier alpha value is -2.87. The Balaban J connectivity index is 1.79. The van der Waals surface area contributed by atoms with Crippen LogP contribution < -0.4 is 16.0 Å². The van der Waals surface area contributed by atoms with Crippen molar-refractivity contribution in [1.82, 2.24) is 9.55 Å². The number of aliphatic hydroxyl groups excluding tert-OH is 1. The molecule has 1 aromatic heterocycles. The van der Waals surface area contributed by atoms with Crippen LogP contribution in [0.5, 0.6) is 11.5 Å². The van der Waals surface area contributed by atoms with Crippen LogP contribution in [0.1, 0.15) is 11.1 Å². The Morgan fingerprint density at radius 2 is 1.82 bits per heavy atom. The molecule has 2 N–H and O–H groups in total. The molecule has 0 saturated carbocycles. The molecule has 1 heterocycles. The molecule has 7 nitrogen and oxygen atoms in total. The first-order chi connectivity index (χ1) is 13.5. The van der Waals surface area contributed by atoms with E-state index >= 15 is 0 Å². The molecule has 0 radical (unpaired) electrons. The average Bonchev–Trinajstić information content (AvgIpc) is 2.66. The van der Waals surface area contributed by atoms with Gasteiger partial charge in [0.2, 0.25) is 0 Å². The molecule has 3 rings (SSSR count). The van der Waals surface area contributed by atoms with E-state index in [0.29, 0.717) is 28.5 Å². The molecule has 28 heavy (non-hydrogen) atoms. The van der Waals surface area contributed by atoms with Gasteiger partial charge in [0.1, 0.15) is 18.2 Å². The van der Waals surface area contributed by atoms with Crippen molar-refractivity contribution in [3.05, 3.63) is 91.7 Å². The smallest absolute Gasteiger partial charge is 0.330 e. The molecule has 0 unspecified atom stereocenters. The number of hydrogen-bond donors (Lipinski definition) is 2. The van der Waals surface area contributed by atoms with Crippen molar-refractivity contribution in [2.24, 2.45) is 0 Å². The Morgan fingerprint density at radius 3 is 2.57 bits per heavy atom. The summed E-state index contributed by atoms with van der Waals surface area (Å²) in [6.07, 6.45) is 1.77. The molecule has 0 aliphatic rings. The van der Waals surface area contributed by atoms with Gasteiger partial charge >= 0.3 is 5.69 Å². The maximum atomic E-state index is 12.1. The number of aliphatic hydroxyl groups is 1. The molecular formula is C20H19ClN2O5. The van der Waals surface area contributed by atoms with Crippen LogP contribution in [-0.4, -0.2) is 27.9 Å². The lowest BCUT2D eigenvalue weighted by Crippen LogP contribution is -2.32. The maximum Gasteiger partial charge on any atom is 0.330 e. The van der Waals surface area contributed by atoms with Crippen LogP contribution in [-0.2, 0) is 17.9 Å². The predicted octanol–water partition coefficient (Wildman–Crippen LogP) is 2.54. The third kappa shape index (κ3) is 5.32. The Morgan fingerprint density at radius 1 is 1.07 bits per heavy atom. The summed E-state index contributed by atoms with van der Waals surface area (Å²) in [6.45, 7) is -0.102. The summed E-state index contributed by atoms with van der Waals surface area (Å²) in [5.41, 5.74) is 0.230.